The molecule has 39 heavy (non-hydrogen) atoms. The fourth-order valence-corrected chi connectivity index (χ4v) is 5.80. The summed E-state index contributed by atoms with van der Waals surface area (Å²) in [5.41, 5.74) is 1.60. The van der Waals surface area contributed by atoms with Crippen LogP contribution in [0.25, 0.3) is 11.1 Å². The summed E-state index contributed by atoms with van der Waals surface area (Å²) in [5, 5.41) is 10.8. The molecular formula is C29H30FN3O5S. The minimum absolute atomic E-state index is 0.0934. The molecule has 1 N–H and O–H groups in total. The molecule has 8 nitrogen and oxygen atoms in total. The zero-order valence-electron chi connectivity index (χ0n) is 22.1. The van der Waals surface area contributed by atoms with Crippen LogP contribution in [0.4, 0.5) is 4.39 Å². The van der Waals surface area contributed by atoms with Crippen molar-refractivity contribution < 1.29 is 22.7 Å². The largest absolute Gasteiger partial charge is 0.492 e. The van der Waals surface area contributed by atoms with E-state index in [0.717, 1.165) is 5.56 Å². The Labute approximate surface area is 226 Å². The molecule has 10 heteroatoms. The lowest BCUT2D eigenvalue weighted by Gasteiger charge is -2.23. The van der Waals surface area contributed by atoms with Gasteiger partial charge in [0.2, 0.25) is 21.7 Å². The molecule has 1 atom stereocenters. The van der Waals surface area contributed by atoms with Crippen LogP contribution in [0.3, 0.4) is 0 Å². The van der Waals surface area contributed by atoms with Crippen LogP contribution in [0.2, 0.25) is 0 Å². The monoisotopic (exact) mass is 551 g/mol. The topological polar surface area (TPSA) is 111 Å². The molecule has 0 unspecified atom stereocenters. The molecule has 0 aliphatic carbocycles. The van der Waals surface area contributed by atoms with E-state index in [-0.39, 0.29) is 23.4 Å². The Kier molecular flexibility index (Phi) is 8.27. The number of ether oxygens (including phenoxy) is 1. The standard InChI is InChI=1S/C29H30FN3O5S/c1-5-24(21-9-7-6-8-10-21)33-26(17-38-18(2)3)32-28(34)27(29(33)35)39(36,37)22-13-11-20(12-14-22)23-15-16-25(30)31-19(23)4/h6-16,18,24,34H,5,17H2,1-4H3/t24-/m0/s1. The molecule has 0 bridgehead atoms. The molecular weight excluding hydrogens is 521 g/mol. The summed E-state index contributed by atoms with van der Waals surface area (Å²) in [5.74, 6) is -1.38. The van der Waals surface area contributed by atoms with E-state index in [2.05, 4.69) is 9.97 Å². The number of aromatic nitrogens is 3. The number of sulfone groups is 1. The SMILES string of the molecule is CC[C@@H](c1ccccc1)n1c(COC(C)C)nc(O)c(S(=O)(=O)c2ccc(-c3ccc(F)nc3C)cc2)c1=O. The van der Waals surface area contributed by atoms with Crippen LogP contribution in [0, 0.1) is 12.9 Å². The molecule has 0 spiro atoms. The summed E-state index contributed by atoms with van der Waals surface area (Å²) in [4.78, 5) is 20.8. The molecule has 2 aromatic carbocycles. The molecule has 2 heterocycles. The number of aryl methyl sites for hydroxylation is 1. The molecule has 0 radical (unpaired) electrons. The van der Waals surface area contributed by atoms with Gasteiger partial charge in [0.15, 0.2) is 4.90 Å². The first-order chi connectivity index (χ1) is 18.5. The van der Waals surface area contributed by atoms with Crippen molar-refractivity contribution in [3.05, 3.63) is 100 Å². The Bertz CT molecular complexity index is 1640. The maximum absolute atomic E-state index is 13.9. The lowest BCUT2D eigenvalue weighted by molar-refractivity contribution is 0.0573. The van der Waals surface area contributed by atoms with Crippen LogP contribution in [-0.4, -0.2) is 34.2 Å². The number of aromatic hydroxyl groups is 1. The second-order valence-electron chi connectivity index (χ2n) is 9.35. The van der Waals surface area contributed by atoms with Crippen molar-refractivity contribution >= 4 is 9.84 Å². The Morgan fingerprint density at radius 2 is 1.67 bits per heavy atom. The van der Waals surface area contributed by atoms with Crippen LogP contribution >= 0.6 is 0 Å². The number of nitrogens with zero attached hydrogens (tertiary/aromatic N) is 3. The summed E-state index contributed by atoms with van der Waals surface area (Å²) >= 11 is 0. The van der Waals surface area contributed by atoms with Crippen LogP contribution < -0.4 is 5.56 Å². The predicted octanol–water partition coefficient (Wildman–Crippen LogP) is 5.22. The van der Waals surface area contributed by atoms with Gasteiger partial charge in [-0.3, -0.25) is 9.36 Å². The molecule has 4 aromatic rings. The van der Waals surface area contributed by atoms with Gasteiger partial charge >= 0.3 is 0 Å². The molecule has 204 valence electrons. The summed E-state index contributed by atoms with van der Waals surface area (Å²) in [6.07, 6.45) is 0.278. The highest BCUT2D eigenvalue weighted by Crippen LogP contribution is 2.30. The summed E-state index contributed by atoms with van der Waals surface area (Å²) in [7, 11) is -4.47. The first kappa shape index (κ1) is 28.1. The lowest BCUT2D eigenvalue weighted by atomic mass is 10.0. The van der Waals surface area contributed by atoms with Gasteiger partial charge in [0.05, 0.1) is 17.0 Å². The quantitative estimate of drug-likeness (QED) is 0.284. The molecule has 4 rings (SSSR count). The lowest BCUT2D eigenvalue weighted by Crippen LogP contribution is -2.34. The fraction of sp³-hybridized carbons (Fsp3) is 0.276. The third kappa shape index (κ3) is 5.76. The highest BCUT2D eigenvalue weighted by molar-refractivity contribution is 7.91. The number of pyridine rings is 1. The summed E-state index contributed by atoms with van der Waals surface area (Å²) in [6.45, 7) is 7.08. The average molecular weight is 552 g/mol. The summed E-state index contributed by atoms with van der Waals surface area (Å²) in [6, 6.07) is 17.2. The predicted molar refractivity (Wildman–Crippen MR) is 145 cm³/mol. The first-order valence-corrected chi connectivity index (χ1v) is 14.0. The highest BCUT2D eigenvalue weighted by Gasteiger charge is 2.31. The van der Waals surface area contributed by atoms with Crippen LogP contribution in [-0.2, 0) is 21.2 Å². The van der Waals surface area contributed by atoms with E-state index in [4.69, 9.17) is 4.74 Å². The zero-order chi connectivity index (χ0) is 28.3. The minimum Gasteiger partial charge on any atom is -0.492 e. The van der Waals surface area contributed by atoms with Gasteiger partial charge in [-0.15, -0.1) is 0 Å². The molecule has 0 aliphatic heterocycles. The number of benzene rings is 2. The van der Waals surface area contributed by atoms with Crippen molar-refractivity contribution in [3.63, 3.8) is 0 Å². The molecule has 0 aliphatic rings. The number of hydrogen-bond acceptors (Lipinski definition) is 7. The van der Waals surface area contributed by atoms with Gasteiger partial charge in [-0.05, 0) is 62.6 Å². The third-order valence-electron chi connectivity index (χ3n) is 6.35. The van der Waals surface area contributed by atoms with E-state index < -0.39 is 38.2 Å². The van der Waals surface area contributed by atoms with Gasteiger partial charge in [0.1, 0.15) is 12.4 Å². The number of hydrogen-bond donors (Lipinski definition) is 1. The number of halogens is 1. The maximum atomic E-state index is 13.9. The smallest absolute Gasteiger partial charge is 0.277 e. The Morgan fingerprint density at radius 3 is 2.26 bits per heavy atom. The minimum atomic E-state index is -4.47. The van der Waals surface area contributed by atoms with Gasteiger partial charge in [0.25, 0.3) is 5.56 Å². The average Bonchev–Trinajstić information content (AvgIpc) is 2.89. The van der Waals surface area contributed by atoms with Crippen molar-refractivity contribution in [2.75, 3.05) is 0 Å². The van der Waals surface area contributed by atoms with Crippen molar-refractivity contribution in [1.82, 2.24) is 14.5 Å². The number of rotatable bonds is 9. The van der Waals surface area contributed by atoms with Crippen LogP contribution in [0.1, 0.15) is 50.3 Å². The fourth-order valence-electron chi connectivity index (χ4n) is 4.46. The van der Waals surface area contributed by atoms with Crippen LogP contribution in [0.5, 0.6) is 5.88 Å². The Hall–Kier alpha value is -3.89. The van der Waals surface area contributed by atoms with Crippen molar-refractivity contribution in [3.8, 4) is 17.0 Å². The molecule has 2 aromatic heterocycles. The Morgan fingerprint density at radius 1 is 1.00 bits per heavy atom. The van der Waals surface area contributed by atoms with Crippen molar-refractivity contribution in [2.24, 2.45) is 0 Å². The van der Waals surface area contributed by atoms with Gasteiger partial charge in [0, 0.05) is 11.3 Å². The van der Waals surface area contributed by atoms with E-state index >= 15 is 0 Å². The van der Waals surface area contributed by atoms with E-state index in [1.807, 2.05) is 51.1 Å². The van der Waals surface area contributed by atoms with Gasteiger partial charge in [-0.2, -0.15) is 9.37 Å². The summed E-state index contributed by atoms with van der Waals surface area (Å²) < 4.78 is 47.8. The third-order valence-corrected chi connectivity index (χ3v) is 8.14. The van der Waals surface area contributed by atoms with Crippen LogP contribution in [0.15, 0.2) is 81.3 Å². The van der Waals surface area contributed by atoms with Gasteiger partial charge < -0.3 is 9.84 Å². The van der Waals surface area contributed by atoms with Gasteiger partial charge in [-0.25, -0.2) is 13.4 Å². The molecule has 0 amide bonds. The maximum Gasteiger partial charge on any atom is 0.277 e. The second-order valence-corrected chi connectivity index (χ2v) is 11.2. The first-order valence-electron chi connectivity index (χ1n) is 12.5. The van der Waals surface area contributed by atoms with Crippen molar-refractivity contribution in [1.29, 1.82) is 0 Å². The van der Waals surface area contributed by atoms with E-state index in [1.54, 1.807) is 25.1 Å². The highest BCUT2D eigenvalue weighted by atomic mass is 32.2. The zero-order valence-corrected chi connectivity index (χ0v) is 22.9. The van der Waals surface area contributed by atoms with Gasteiger partial charge in [-0.1, -0.05) is 49.4 Å². The molecule has 0 saturated carbocycles. The van der Waals surface area contributed by atoms with E-state index in [0.29, 0.717) is 23.2 Å². The Balaban J connectivity index is 1.85. The van der Waals surface area contributed by atoms with E-state index in [1.165, 1.54) is 22.8 Å². The van der Waals surface area contributed by atoms with Crippen molar-refractivity contribution in [2.45, 2.75) is 62.7 Å². The normalized spacial score (nSPS) is 12.6. The van der Waals surface area contributed by atoms with E-state index in [9.17, 15) is 22.7 Å². The molecule has 0 fully saturated rings. The second kappa shape index (κ2) is 11.5. The molecule has 0 saturated heterocycles.